The van der Waals surface area contributed by atoms with E-state index in [9.17, 15) is 0 Å². The Bertz CT molecular complexity index is 921. The van der Waals surface area contributed by atoms with Crippen LogP contribution >= 0.6 is 34.0 Å². The van der Waals surface area contributed by atoms with Gasteiger partial charge in [0, 0.05) is 44.0 Å². The van der Waals surface area contributed by atoms with E-state index >= 15 is 0 Å². The van der Waals surface area contributed by atoms with E-state index in [4.69, 9.17) is 6.42 Å². The SMILES string of the molecule is Br.Br.C#CCCCC(C)(C1=C(CC)C=CC1)C1c2ccccc2-c2ccccc21.[Zr]. The number of rotatable bonds is 6. The van der Waals surface area contributed by atoms with Gasteiger partial charge in [-0.25, -0.2) is 0 Å². The van der Waals surface area contributed by atoms with E-state index in [0.29, 0.717) is 5.92 Å². The fourth-order valence-corrected chi connectivity index (χ4v) is 5.35. The summed E-state index contributed by atoms with van der Waals surface area (Å²) in [4.78, 5) is 0. The first-order valence-corrected chi connectivity index (χ1v) is 10.2. The molecule has 0 saturated carbocycles. The van der Waals surface area contributed by atoms with Gasteiger partial charge in [0.05, 0.1) is 0 Å². The molecule has 4 rings (SSSR count). The molecule has 0 aromatic heterocycles. The van der Waals surface area contributed by atoms with Crippen molar-refractivity contribution in [3.8, 4) is 23.5 Å². The number of terminal acetylenes is 1. The Hall–Kier alpha value is -0.677. The molecule has 0 saturated heterocycles. The number of hydrogen-bond acceptors (Lipinski definition) is 0. The number of halogens is 2. The smallest absolute Gasteiger partial charge is 0.0193 e. The molecular weight excluding hydrogens is 575 g/mol. The molecule has 0 amide bonds. The molecule has 2 aromatic rings. The second-order valence-corrected chi connectivity index (χ2v) is 8.05. The standard InChI is InChI=1S/C27H28.2BrH.Zr/c1-4-6-11-19-27(3,25-18-12-13-20(25)5-2)26-23-16-9-7-14-21(23)22-15-8-10-17-24(22)26;;;/h1,7-10,12-17,26H,5-6,11,18-19H2,2-3H3;2*1H;. The van der Waals surface area contributed by atoms with Crippen LogP contribution in [0.3, 0.4) is 0 Å². The molecule has 0 heterocycles. The maximum atomic E-state index is 5.60. The van der Waals surface area contributed by atoms with Gasteiger partial charge in [-0.1, -0.05) is 80.1 Å². The summed E-state index contributed by atoms with van der Waals surface area (Å²) in [5.41, 5.74) is 9.03. The van der Waals surface area contributed by atoms with Crippen LogP contribution in [0.25, 0.3) is 11.1 Å². The maximum Gasteiger partial charge on any atom is 0.0193 e. The predicted octanol–water partition coefficient (Wildman–Crippen LogP) is 8.43. The van der Waals surface area contributed by atoms with Gasteiger partial charge in [0.25, 0.3) is 0 Å². The zero-order chi connectivity index (χ0) is 18.9. The first-order chi connectivity index (χ1) is 13.2. The van der Waals surface area contributed by atoms with Crippen LogP contribution in [0.15, 0.2) is 71.8 Å². The maximum absolute atomic E-state index is 5.60. The van der Waals surface area contributed by atoms with Gasteiger partial charge in [-0.3, -0.25) is 0 Å². The monoisotopic (exact) mass is 602 g/mol. The quantitative estimate of drug-likeness (QED) is 0.229. The molecule has 0 aliphatic heterocycles. The third kappa shape index (κ3) is 4.72. The molecule has 3 heteroatoms. The van der Waals surface area contributed by atoms with Crippen LogP contribution in [-0.2, 0) is 26.2 Å². The van der Waals surface area contributed by atoms with Crippen LogP contribution in [0.2, 0.25) is 0 Å². The van der Waals surface area contributed by atoms with E-state index in [1.807, 2.05) is 0 Å². The summed E-state index contributed by atoms with van der Waals surface area (Å²) in [6.07, 6.45) is 15.5. The van der Waals surface area contributed by atoms with Crippen molar-refractivity contribution in [2.75, 3.05) is 0 Å². The van der Waals surface area contributed by atoms with E-state index in [0.717, 1.165) is 32.1 Å². The third-order valence-electron chi connectivity index (χ3n) is 6.59. The zero-order valence-corrected chi connectivity index (χ0v) is 23.7. The van der Waals surface area contributed by atoms with E-state index in [1.54, 1.807) is 5.57 Å². The second kappa shape index (κ2) is 11.8. The second-order valence-electron chi connectivity index (χ2n) is 8.05. The average molecular weight is 606 g/mol. The molecule has 0 spiro atoms. The molecule has 2 aromatic carbocycles. The minimum atomic E-state index is 0. The minimum Gasteiger partial charge on any atom is -0.120 e. The van der Waals surface area contributed by atoms with Crippen molar-refractivity contribution in [2.45, 2.75) is 51.9 Å². The Morgan fingerprint density at radius 2 is 1.57 bits per heavy atom. The molecule has 2 aliphatic rings. The molecule has 156 valence electrons. The van der Waals surface area contributed by atoms with E-state index in [-0.39, 0.29) is 65.6 Å². The molecule has 0 nitrogen and oxygen atoms in total. The summed E-state index contributed by atoms with van der Waals surface area (Å²) < 4.78 is 0. The van der Waals surface area contributed by atoms with Crippen molar-refractivity contribution in [2.24, 2.45) is 5.41 Å². The summed E-state index contributed by atoms with van der Waals surface area (Å²) in [6.45, 7) is 4.77. The van der Waals surface area contributed by atoms with Crippen LogP contribution in [0.5, 0.6) is 0 Å². The fraction of sp³-hybridized carbons (Fsp3) is 0.333. The van der Waals surface area contributed by atoms with Gasteiger partial charge < -0.3 is 0 Å². The largest absolute Gasteiger partial charge is 0.120 e. The van der Waals surface area contributed by atoms with Gasteiger partial charge in [0.2, 0.25) is 0 Å². The van der Waals surface area contributed by atoms with Crippen LogP contribution in [0, 0.1) is 17.8 Å². The topological polar surface area (TPSA) is 0 Å². The number of fused-ring (bicyclic) bond motifs is 3. The Balaban J connectivity index is 0.00000150. The Labute approximate surface area is 222 Å². The minimum absolute atomic E-state index is 0. The van der Waals surface area contributed by atoms with Crippen molar-refractivity contribution >= 4 is 34.0 Å². The molecule has 0 radical (unpaired) electrons. The molecule has 2 aliphatic carbocycles. The van der Waals surface area contributed by atoms with Crippen LogP contribution < -0.4 is 0 Å². The molecular formula is C27H30Br2Zr. The van der Waals surface area contributed by atoms with Crippen molar-refractivity contribution in [3.05, 3.63) is 83.0 Å². The molecule has 0 bridgehead atoms. The predicted molar refractivity (Wildman–Crippen MR) is 136 cm³/mol. The normalized spacial score (nSPS) is 15.8. The molecule has 30 heavy (non-hydrogen) atoms. The Kier molecular flexibility index (Phi) is 10.8. The van der Waals surface area contributed by atoms with Crippen molar-refractivity contribution in [3.63, 3.8) is 0 Å². The van der Waals surface area contributed by atoms with Gasteiger partial charge >= 0.3 is 0 Å². The van der Waals surface area contributed by atoms with Gasteiger partial charge in [-0.2, -0.15) is 0 Å². The first kappa shape index (κ1) is 27.4. The summed E-state index contributed by atoms with van der Waals surface area (Å²) in [7, 11) is 0. The van der Waals surface area contributed by atoms with E-state index in [2.05, 4.69) is 80.5 Å². The Morgan fingerprint density at radius 1 is 1.00 bits per heavy atom. The summed E-state index contributed by atoms with van der Waals surface area (Å²) >= 11 is 0. The van der Waals surface area contributed by atoms with Crippen LogP contribution in [0.4, 0.5) is 0 Å². The molecule has 0 fully saturated rings. The van der Waals surface area contributed by atoms with Gasteiger partial charge in [-0.15, -0.1) is 46.3 Å². The van der Waals surface area contributed by atoms with Gasteiger partial charge in [0.1, 0.15) is 0 Å². The molecule has 1 unspecified atom stereocenters. The van der Waals surface area contributed by atoms with Crippen molar-refractivity contribution in [1.29, 1.82) is 0 Å². The third-order valence-corrected chi connectivity index (χ3v) is 6.59. The van der Waals surface area contributed by atoms with E-state index in [1.165, 1.54) is 27.8 Å². The van der Waals surface area contributed by atoms with Crippen molar-refractivity contribution in [1.82, 2.24) is 0 Å². The number of hydrogen-bond donors (Lipinski definition) is 0. The van der Waals surface area contributed by atoms with Crippen LogP contribution in [0.1, 0.15) is 63.0 Å². The van der Waals surface area contributed by atoms with E-state index < -0.39 is 0 Å². The summed E-state index contributed by atoms with van der Waals surface area (Å²) in [5, 5.41) is 0. The van der Waals surface area contributed by atoms with Gasteiger partial charge in [-0.05, 0) is 53.5 Å². The van der Waals surface area contributed by atoms with Crippen LogP contribution in [-0.4, -0.2) is 0 Å². The number of allylic oxidation sites excluding steroid dienone is 4. The number of unbranched alkanes of at least 4 members (excludes halogenated alkanes) is 1. The first-order valence-electron chi connectivity index (χ1n) is 10.2. The van der Waals surface area contributed by atoms with Crippen molar-refractivity contribution < 1.29 is 26.2 Å². The molecule has 1 atom stereocenters. The fourth-order valence-electron chi connectivity index (χ4n) is 5.35. The zero-order valence-electron chi connectivity index (χ0n) is 17.8. The average Bonchev–Trinajstić information content (AvgIpc) is 3.31. The Morgan fingerprint density at radius 3 is 2.10 bits per heavy atom. The number of benzene rings is 2. The molecule has 0 N–H and O–H groups in total. The summed E-state index contributed by atoms with van der Waals surface area (Å²) in [6, 6.07) is 18.0. The van der Waals surface area contributed by atoms with Gasteiger partial charge in [0.15, 0.2) is 0 Å². The summed E-state index contributed by atoms with van der Waals surface area (Å²) in [5.74, 6) is 3.26.